The van der Waals surface area contributed by atoms with Crippen molar-refractivity contribution in [1.82, 2.24) is 5.32 Å². The topological polar surface area (TPSA) is 55.2 Å². The van der Waals surface area contributed by atoms with Gasteiger partial charge in [-0.1, -0.05) is 41.5 Å². The molecule has 2 aromatic rings. The van der Waals surface area contributed by atoms with Crippen molar-refractivity contribution in [2.45, 2.75) is 33.4 Å². The smallest absolute Gasteiger partial charge is 0.269 e. The van der Waals surface area contributed by atoms with Crippen molar-refractivity contribution in [3.63, 3.8) is 0 Å². The number of hydrogen-bond acceptors (Lipinski definition) is 3. The summed E-state index contributed by atoms with van der Waals surface area (Å²) in [4.78, 5) is 10.4. The molecular formula is C17H20N2O2. The lowest BCUT2D eigenvalue weighted by Crippen LogP contribution is -2.18. The molecule has 4 nitrogen and oxygen atoms in total. The summed E-state index contributed by atoms with van der Waals surface area (Å²) in [5.74, 6) is 0. The van der Waals surface area contributed by atoms with Crippen LogP contribution in [0.2, 0.25) is 0 Å². The van der Waals surface area contributed by atoms with E-state index in [1.807, 2.05) is 6.07 Å². The number of hydrogen-bond donors (Lipinski definition) is 1. The molecular weight excluding hydrogens is 264 g/mol. The number of nitrogens with one attached hydrogen (secondary N) is 1. The Bertz CT molecular complexity index is 633. The maximum absolute atomic E-state index is 10.8. The Morgan fingerprint density at radius 3 is 2.43 bits per heavy atom. The molecule has 2 aromatic carbocycles. The van der Waals surface area contributed by atoms with Gasteiger partial charge >= 0.3 is 0 Å². The number of rotatable bonds is 5. The van der Waals surface area contributed by atoms with Crippen molar-refractivity contribution in [2.24, 2.45) is 0 Å². The van der Waals surface area contributed by atoms with E-state index in [1.54, 1.807) is 12.1 Å². The first-order valence-electron chi connectivity index (χ1n) is 7.00. The number of non-ortho nitro benzene ring substituents is 1. The Morgan fingerprint density at radius 2 is 1.81 bits per heavy atom. The lowest BCUT2D eigenvalue weighted by atomic mass is 10.0. The van der Waals surface area contributed by atoms with Gasteiger partial charge in [0.05, 0.1) is 4.92 Å². The fraction of sp³-hybridized carbons (Fsp3) is 0.294. The van der Waals surface area contributed by atoms with Gasteiger partial charge in [-0.3, -0.25) is 10.1 Å². The van der Waals surface area contributed by atoms with Gasteiger partial charge in [0.25, 0.3) is 5.69 Å². The SMILES string of the molecule is Cc1cc(C)cc(C(C)NCc2cccc([N+](=O)[O-])c2)c1. The molecule has 0 saturated heterocycles. The third-order valence-electron chi connectivity index (χ3n) is 3.48. The normalized spacial score (nSPS) is 12.1. The zero-order chi connectivity index (χ0) is 15.4. The van der Waals surface area contributed by atoms with Crippen LogP contribution in [0.4, 0.5) is 5.69 Å². The Hall–Kier alpha value is -2.20. The fourth-order valence-electron chi connectivity index (χ4n) is 2.43. The minimum atomic E-state index is -0.364. The molecule has 0 spiro atoms. The summed E-state index contributed by atoms with van der Waals surface area (Å²) in [7, 11) is 0. The molecule has 1 unspecified atom stereocenters. The Morgan fingerprint density at radius 1 is 1.14 bits per heavy atom. The first-order valence-corrected chi connectivity index (χ1v) is 7.00. The molecule has 21 heavy (non-hydrogen) atoms. The van der Waals surface area contributed by atoms with Gasteiger partial charge in [-0.2, -0.15) is 0 Å². The van der Waals surface area contributed by atoms with Crippen LogP contribution in [0.3, 0.4) is 0 Å². The third kappa shape index (κ3) is 4.13. The average Bonchev–Trinajstić information content (AvgIpc) is 2.44. The summed E-state index contributed by atoms with van der Waals surface area (Å²) in [6.45, 7) is 6.88. The molecule has 0 saturated carbocycles. The zero-order valence-corrected chi connectivity index (χ0v) is 12.6. The van der Waals surface area contributed by atoms with Gasteiger partial charge in [0.15, 0.2) is 0 Å². The molecule has 0 heterocycles. The van der Waals surface area contributed by atoms with Crippen molar-refractivity contribution < 1.29 is 4.92 Å². The quantitative estimate of drug-likeness (QED) is 0.665. The second-order valence-corrected chi connectivity index (χ2v) is 5.45. The summed E-state index contributed by atoms with van der Waals surface area (Å²) >= 11 is 0. The van der Waals surface area contributed by atoms with Crippen LogP contribution in [0.25, 0.3) is 0 Å². The molecule has 4 heteroatoms. The minimum Gasteiger partial charge on any atom is -0.306 e. The Labute approximate surface area is 125 Å². The number of nitrogens with zero attached hydrogens (tertiary/aromatic N) is 1. The van der Waals surface area contributed by atoms with E-state index in [1.165, 1.54) is 22.8 Å². The van der Waals surface area contributed by atoms with E-state index < -0.39 is 0 Å². The van der Waals surface area contributed by atoms with E-state index in [-0.39, 0.29) is 16.7 Å². The van der Waals surface area contributed by atoms with E-state index in [2.05, 4.69) is 44.3 Å². The molecule has 110 valence electrons. The van der Waals surface area contributed by atoms with E-state index in [0.29, 0.717) is 6.54 Å². The predicted molar refractivity (Wildman–Crippen MR) is 84.3 cm³/mol. The molecule has 1 atom stereocenters. The van der Waals surface area contributed by atoms with E-state index >= 15 is 0 Å². The van der Waals surface area contributed by atoms with E-state index in [9.17, 15) is 10.1 Å². The first kappa shape index (κ1) is 15.2. The minimum absolute atomic E-state index is 0.133. The van der Waals surface area contributed by atoms with E-state index in [4.69, 9.17) is 0 Å². The van der Waals surface area contributed by atoms with Crippen LogP contribution < -0.4 is 5.32 Å². The van der Waals surface area contributed by atoms with Crippen molar-refractivity contribution in [3.05, 3.63) is 74.8 Å². The lowest BCUT2D eigenvalue weighted by molar-refractivity contribution is -0.384. The molecule has 0 fully saturated rings. The van der Waals surface area contributed by atoms with Gasteiger partial charge in [0, 0.05) is 24.7 Å². The second kappa shape index (κ2) is 6.50. The van der Waals surface area contributed by atoms with Gasteiger partial charge in [-0.15, -0.1) is 0 Å². The van der Waals surface area contributed by atoms with Crippen molar-refractivity contribution >= 4 is 5.69 Å². The standard InChI is InChI=1S/C17H20N2O2/c1-12-7-13(2)9-16(8-12)14(3)18-11-15-5-4-6-17(10-15)19(20)21/h4-10,14,18H,11H2,1-3H3. The van der Waals surface area contributed by atoms with Gasteiger partial charge < -0.3 is 5.32 Å². The highest BCUT2D eigenvalue weighted by molar-refractivity contribution is 5.34. The molecule has 0 amide bonds. The van der Waals surface area contributed by atoms with Crippen LogP contribution in [-0.4, -0.2) is 4.92 Å². The molecule has 0 aliphatic heterocycles. The summed E-state index contributed by atoms with van der Waals surface area (Å²) < 4.78 is 0. The summed E-state index contributed by atoms with van der Waals surface area (Å²) in [6, 6.07) is 13.4. The highest BCUT2D eigenvalue weighted by atomic mass is 16.6. The second-order valence-electron chi connectivity index (χ2n) is 5.45. The predicted octanol–water partition coefficient (Wildman–Crippen LogP) is 4.06. The summed E-state index contributed by atoms with van der Waals surface area (Å²) in [5, 5.41) is 14.2. The number of benzene rings is 2. The molecule has 0 radical (unpaired) electrons. The van der Waals surface area contributed by atoms with Crippen LogP contribution in [0.1, 0.15) is 35.2 Å². The number of aryl methyl sites for hydroxylation is 2. The molecule has 0 aliphatic carbocycles. The van der Waals surface area contributed by atoms with Crippen LogP contribution >= 0.6 is 0 Å². The maximum atomic E-state index is 10.8. The van der Waals surface area contributed by atoms with Gasteiger partial charge in [-0.25, -0.2) is 0 Å². The lowest BCUT2D eigenvalue weighted by Gasteiger charge is -2.16. The van der Waals surface area contributed by atoms with Crippen LogP contribution in [0.5, 0.6) is 0 Å². The van der Waals surface area contributed by atoms with Gasteiger partial charge in [0.1, 0.15) is 0 Å². The summed E-state index contributed by atoms with van der Waals surface area (Å²) in [5.41, 5.74) is 4.77. The number of nitro groups is 1. The third-order valence-corrected chi connectivity index (χ3v) is 3.48. The Kier molecular flexibility index (Phi) is 4.70. The monoisotopic (exact) mass is 284 g/mol. The molecule has 0 aromatic heterocycles. The highest BCUT2D eigenvalue weighted by Gasteiger charge is 2.08. The van der Waals surface area contributed by atoms with E-state index in [0.717, 1.165) is 5.56 Å². The van der Waals surface area contributed by atoms with Gasteiger partial charge in [-0.05, 0) is 31.9 Å². The van der Waals surface area contributed by atoms with Crippen molar-refractivity contribution in [2.75, 3.05) is 0 Å². The van der Waals surface area contributed by atoms with Crippen molar-refractivity contribution in [3.8, 4) is 0 Å². The maximum Gasteiger partial charge on any atom is 0.269 e. The zero-order valence-electron chi connectivity index (χ0n) is 12.6. The number of nitro benzene ring substituents is 1. The molecule has 0 aliphatic rings. The van der Waals surface area contributed by atoms with Crippen LogP contribution in [0, 0.1) is 24.0 Å². The largest absolute Gasteiger partial charge is 0.306 e. The molecule has 2 rings (SSSR count). The first-order chi connectivity index (χ1) is 9.95. The average molecular weight is 284 g/mol. The van der Waals surface area contributed by atoms with Crippen LogP contribution in [0.15, 0.2) is 42.5 Å². The molecule has 1 N–H and O–H groups in total. The fourth-order valence-corrected chi connectivity index (χ4v) is 2.43. The van der Waals surface area contributed by atoms with Crippen molar-refractivity contribution in [1.29, 1.82) is 0 Å². The summed E-state index contributed by atoms with van der Waals surface area (Å²) in [6.07, 6.45) is 0. The highest BCUT2D eigenvalue weighted by Crippen LogP contribution is 2.18. The molecule has 0 bridgehead atoms. The van der Waals surface area contributed by atoms with Gasteiger partial charge in [0.2, 0.25) is 0 Å². The van der Waals surface area contributed by atoms with Crippen LogP contribution in [-0.2, 0) is 6.54 Å². The Balaban J connectivity index is 2.05.